The molecule has 2 fully saturated rings. The first kappa shape index (κ1) is 26.1. The van der Waals surface area contributed by atoms with Gasteiger partial charge in [-0.25, -0.2) is 27.2 Å². The van der Waals surface area contributed by atoms with Crippen molar-refractivity contribution in [3.8, 4) is 11.7 Å². The summed E-state index contributed by atoms with van der Waals surface area (Å²) in [6.45, 7) is 9.70. The van der Waals surface area contributed by atoms with Crippen LogP contribution in [-0.2, 0) is 10.0 Å². The van der Waals surface area contributed by atoms with Crippen LogP contribution in [0.1, 0.15) is 57.3 Å². The van der Waals surface area contributed by atoms with E-state index in [0.29, 0.717) is 36.6 Å². The fourth-order valence-corrected chi connectivity index (χ4v) is 5.84. The van der Waals surface area contributed by atoms with Crippen molar-refractivity contribution in [2.24, 2.45) is 11.3 Å². The van der Waals surface area contributed by atoms with E-state index in [-0.39, 0.29) is 21.4 Å². The van der Waals surface area contributed by atoms with E-state index in [4.69, 9.17) is 9.72 Å². The third-order valence-electron chi connectivity index (χ3n) is 7.26. The van der Waals surface area contributed by atoms with Crippen LogP contribution < -0.4 is 14.4 Å². The number of pyridine rings is 1. The van der Waals surface area contributed by atoms with E-state index in [9.17, 15) is 17.6 Å². The molecule has 0 spiro atoms. The van der Waals surface area contributed by atoms with Gasteiger partial charge in [0.2, 0.25) is 5.88 Å². The smallest absolute Gasteiger partial charge is 0.268 e. The van der Waals surface area contributed by atoms with Crippen molar-refractivity contribution in [2.45, 2.75) is 57.4 Å². The largest absolute Gasteiger partial charge is 0.476 e. The van der Waals surface area contributed by atoms with Crippen LogP contribution in [0.2, 0.25) is 0 Å². The number of carbonyl (C=O) groups is 1. The van der Waals surface area contributed by atoms with Gasteiger partial charge in [0.15, 0.2) is 5.82 Å². The summed E-state index contributed by atoms with van der Waals surface area (Å²) >= 11 is 0. The molecule has 1 N–H and O–H groups in total. The Hall–Kier alpha value is -3.47. The van der Waals surface area contributed by atoms with Crippen LogP contribution in [0.5, 0.6) is 5.88 Å². The maximum Gasteiger partial charge on any atom is 0.268 e. The lowest BCUT2D eigenvalue weighted by Crippen LogP contribution is -2.41. The van der Waals surface area contributed by atoms with Crippen molar-refractivity contribution in [2.75, 3.05) is 18.1 Å². The number of rotatable bonds is 8. The first-order valence-corrected chi connectivity index (χ1v) is 14.1. The molecule has 3 heterocycles. The molecule has 2 aliphatic rings. The molecule has 1 amide bonds. The Morgan fingerprint density at radius 2 is 1.84 bits per heavy atom. The zero-order chi connectivity index (χ0) is 27.3. The number of halogens is 1. The molecule has 0 unspecified atom stereocenters. The Balaban J connectivity index is 1.47. The van der Waals surface area contributed by atoms with E-state index < -0.39 is 21.7 Å². The molecular formula is C27H32FN5O4S. The molecule has 1 aromatic carbocycles. The van der Waals surface area contributed by atoms with Gasteiger partial charge in [0, 0.05) is 29.8 Å². The quantitative estimate of drug-likeness (QED) is 0.452. The fraction of sp³-hybridized carbons (Fsp3) is 0.444. The SMILES string of the molecule is C[C@@H]1CN(c2nc(-n3ccc(OCC4(C)CC4)n3)ccc2C(=O)NS(=O)(=O)c2ccc(F)cc2)C(C)(C)C1. The lowest BCUT2D eigenvalue weighted by Gasteiger charge is -2.34. The van der Waals surface area contributed by atoms with Gasteiger partial charge in [0.05, 0.1) is 17.1 Å². The number of ether oxygens (including phenoxy) is 1. The van der Waals surface area contributed by atoms with Crippen LogP contribution in [0.25, 0.3) is 5.82 Å². The van der Waals surface area contributed by atoms with Crippen LogP contribution in [0.15, 0.2) is 53.6 Å². The highest BCUT2D eigenvalue weighted by Gasteiger charge is 2.40. The second kappa shape index (κ2) is 9.37. The second-order valence-electron chi connectivity index (χ2n) is 11.4. The van der Waals surface area contributed by atoms with Crippen molar-refractivity contribution in [3.05, 3.63) is 60.0 Å². The van der Waals surface area contributed by atoms with E-state index in [1.54, 1.807) is 29.1 Å². The van der Waals surface area contributed by atoms with Crippen molar-refractivity contribution >= 4 is 21.7 Å². The van der Waals surface area contributed by atoms with Crippen LogP contribution in [-0.4, -0.2) is 47.8 Å². The average molecular weight is 542 g/mol. The highest BCUT2D eigenvalue weighted by atomic mass is 32.2. The van der Waals surface area contributed by atoms with Crippen LogP contribution in [0.3, 0.4) is 0 Å². The van der Waals surface area contributed by atoms with E-state index in [1.807, 2.05) is 4.90 Å². The van der Waals surface area contributed by atoms with Crippen molar-refractivity contribution in [3.63, 3.8) is 0 Å². The number of carbonyl (C=O) groups excluding carboxylic acids is 1. The minimum absolute atomic E-state index is 0.117. The number of hydrogen-bond donors (Lipinski definition) is 1. The number of nitrogens with one attached hydrogen (secondary N) is 1. The predicted molar refractivity (Wildman–Crippen MR) is 140 cm³/mol. The minimum atomic E-state index is -4.22. The third kappa shape index (κ3) is 5.38. The summed E-state index contributed by atoms with van der Waals surface area (Å²) < 4.78 is 48.5. The first-order chi connectivity index (χ1) is 17.9. The lowest BCUT2D eigenvalue weighted by atomic mass is 9.97. The Bertz CT molecular complexity index is 1460. The molecular weight excluding hydrogens is 509 g/mol. The summed E-state index contributed by atoms with van der Waals surface area (Å²) in [5.74, 6) is 0.289. The van der Waals surface area contributed by atoms with Gasteiger partial charge in [-0.3, -0.25) is 4.79 Å². The number of nitrogens with zero attached hydrogens (tertiary/aromatic N) is 4. The number of anilines is 1. The molecule has 9 nitrogen and oxygen atoms in total. The van der Waals surface area contributed by atoms with Crippen LogP contribution >= 0.6 is 0 Å². The molecule has 1 aliphatic carbocycles. The molecule has 38 heavy (non-hydrogen) atoms. The topological polar surface area (TPSA) is 106 Å². The molecule has 1 saturated heterocycles. The Labute approximate surface area is 222 Å². The lowest BCUT2D eigenvalue weighted by molar-refractivity contribution is 0.0981. The number of amides is 1. The fourth-order valence-electron chi connectivity index (χ4n) is 4.88. The third-order valence-corrected chi connectivity index (χ3v) is 8.60. The summed E-state index contributed by atoms with van der Waals surface area (Å²) in [4.78, 5) is 20.0. The van der Waals surface area contributed by atoms with Gasteiger partial charge in [-0.1, -0.05) is 13.8 Å². The molecule has 0 bridgehead atoms. The number of hydrogen-bond acceptors (Lipinski definition) is 7. The number of aromatic nitrogens is 3. The van der Waals surface area contributed by atoms with Gasteiger partial charge >= 0.3 is 0 Å². The summed E-state index contributed by atoms with van der Waals surface area (Å²) in [6, 6.07) is 9.22. The molecule has 1 saturated carbocycles. The Morgan fingerprint density at radius 3 is 2.47 bits per heavy atom. The average Bonchev–Trinajstić information content (AvgIpc) is 3.28. The van der Waals surface area contributed by atoms with Crippen LogP contribution in [0, 0.1) is 17.2 Å². The molecule has 5 rings (SSSR count). The molecule has 0 radical (unpaired) electrons. The van der Waals surface area contributed by atoms with Gasteiger partial charge in [-0.2, -0.15) is 0 Å². The van der Waals surface area contributed by atoms with Gasteiger partial charge < -0.3 is 9.64 Å². The molecule has 202 valence electrons. The van der Waals surface area contributed by atoms with E-state index >= 15 is 0 Å². The monoisotopic (exact) mass is 541 g/mol. The van der Waals surface area contributed by atoms with Crippen molar-refractivity contribution < 1.29 is 22.3 Å². The standard InChI is InChI=1S/C27H32FN5O4S/c1-18-15-26(2,3)32(16-18)24-21(25(34)31-38(35,36)20-7-5-19(28)6-8-20)9-10-22(29-24)33-14-11-23(30-33)37-17-27(4)12-13-27/h5-11,14,18H,12-13,15-17H2,1-4H3,(H,31,34)/t18-/m0/s1. The van der Waals surface area contributed by atoms with E-state index in [0.717, 1.165) is 43.5 Å². The zero-order valence-corrected chi connectivity index (χ0v) is 22.8. The van der Waals surface area contributed by atoms with Gasteiger partial charge in [-0.05, 0) is 75.4 Å². The van der Waals surface area contributed by atoms with Crippen LogP contribution in [0.4, 0.5) is 10.2 Å². The minimum Gasteiger partial charge on any atom is -0.476 e. The zero-order valence-electron chi connectivity index (χ0n) is 21.9. The number of sulfonamides is 1. The molecule has 1 atom stereocenters. The summed E-state index contributed by atoms with van der Waals surface area (Å²) in [7, 11) is -4.22. The highest BCUT2D eigenvalue weighted by Crippen LogP contribution is 2.45. The molecule has 2 aromatic heterocycles. The maximum absolute atomic E-state index is 13.3. The normalized spacial score (nSPS) is 19.8. The summed E-state index contributed by atoms with van der Waals surface area (Å²) in [5.41, 5.74) is 0.0247. The first-order valence-electron chi connectivity index (χ1n) is 12.7. The predicted octanol–water partition coefficient (Wildman–Crippen LogP) is 4.33. The summed E-state index contributed by atoms with van der Waals surface area (Å²) in [5, 5.41) is 4.50. The highest BCUT2D eigenvalue weighted by molar-refractivity contribution is 7.90. The molecule has 11 heteroatoms. The van der Waals surface area contributed by atoms with E-state index in [2.05, 4.69) is 37.5 Å². The van der Waals surface area contributed by atoms with Crippen molar-refractivity contribution in [1.29, 1.82) is 0 Å². The summed E-state index contributed by atoms with van der Waals surface area (Å²) in [6.07, 6.45) is 4.91. The molecule has 3 aromatic rings. The van der Waals surface area contributed by atoms with Gasteiger partial charge in [-0.15, -0.1) is 5.10 Å². The van der Waals surface area contributed by atoms with Gasteiger partial charge in [0.1, 0.15) is 11.6 Å². The second-order valence-corrected chi connectivity index (χ2v) is 13.0. The Kier molecular flexibility index (Phi) is 6.45. The van der Waals surface area contributed by atoms with Crippen molar-refractivity contribution in [1.82, 2.24) is 19.5 Å². The Morgan fingerprint density at radius 1 is 1.13 bits per heavy atom. The van der Waals surface area contributed by atoms with E-state index in [1.165, 1.54) is 0 Å². The number of benzene rings is 1. The molecule has 1 aliphatic heterocycles. The van der Waals surface area contributed by atoms with Gasteiger partial charge in [0.25, 0.3) is 15.9 Å². The maximum atomic E-state index is 13.3.